The van der Waals surface area contributed by atoms with Gasteiger partial charge in [-0.05, 0) is 6.42 Å². The quantitative estimate of drug-likeness (QED) is 0.768. The van der Waals surface area contributed by atoms with Crippen LogP contribution < -0.4 is 0 Å². The summed E-state index contributed by atoms with van der Waals surface area (Å²) in [6.07, 6.45) is 7.08. The van der Waals surface area contributed by atoms with Gasteiger partial charge in [0.25, 0.3) is 0 Å². The highest BCUT2D eigenvalue weighted by molar-refractivity contribution is 5.79. The van der Waals surface area contributed by atoms with Crippen molar-refractivity contribution < 1.29 is 14.3 Å². The average molecular weight is 291 g/mol. The van der Waals surface area contributed by atoms with Crippen molar-refractivity contribution in [1.82, 2.24) is 14.5 Å². The highest BCUT2D eigenvalue weighted by Crippen LogP contribution is 2.32. The number of carbonyl (C=O) groups excluding carboxylic acids is 1. The lowest BCUT2D eigenvalue weighted by Gasteiger charge is -2.39. The third-order valence-corrected chi connectivity index (χ3v) is 4.95. The van der Waals surface area contributed by atoms with Gasteiger partial charge in [-0.25, -0.2) is 4.98 Å². The summed E-state index contributed by atoms with van der Waals surface area (Å²) in [6, 6.07) is 0. The summed E-state index contributed by atoms with van der Waals surface area (Å²) < 4.78 is 13.6. The molecule has 6 nitrogen and oxygen atoms in total. The molecular formula is C15H21N3O3. The van der Waals surface area contributed by atoms with Crippen LogP contribution in [0.4, 0.5) is 0 Å². The second-order valence-corrected chi connectivity index (χ2v) is 6.16. The number of imidazole rings is 1. The predicted octanol–water partition coefficient (Wildman–Crippen LogP) is 0.811. The van der Waals surface area contributed by atoms with Gasteiger partial charge in [-0.15, -0.1) is 0 Å². The highest BCUT2D eigenvalue weighted by atomic mass is 16.7. The maximum atomic E-state index is 12.7. The van der Waals surface area contributed by atoms with Crippen molar-refractivity contribution in [3.63, 3.8) is 0 Å². The molecule has 0 aliphatic carbocycles. The smallest absolute Gasteiger partial charge is 0.226 e. The Morgan fingerprint density at radius 1 is 1.24 bits per heavy atom. The molecule has 1 spiro atoms. The molecule has 114 valence electrons. The van der Waals surface area contributed by atoms with E-state index in [4.69, 9.17) is 9.47 Å². The lowest BCUT2D eigenvalue weighted by atomic mass is 9.94. The van der Waals surface area contributed by atoms with Crippen LogP contribution in [0.1, 0.15) is 25.1 Å². The zero-order valence-electron chi connectivity index (χ0n) is 12.2. The summed E-state index contributed by atoms with van der Waals surface area (Å²) in [4.78, 5) is 19.0. The van der Waals surface area contributed by atoms with Crippen molar-refractivity contribution in [1.29, 1.82) is 0 Å². The SMILES string of the molecule is O=C(C1CCn2ccnc2C1)N1CCC2(CC1)OCCO2. The highest BCUT2D eigenvalue weighted by Gasteiger charge is 2.41. The summed E-state index contributed by atoms with van der Waals surface area (Å²) in [6.45, 7) is 3.74. The van der Waals surface area contributed by atoms with Gasteiger partial charge < -0.3 is 18.9 Å². The number of rotatable bonds is 1. The van der Waals surface area contributed by atoms with Gasteiger partial charge >= 0.3 is 0 Å². The Hall–Kier alpha value is -1.40. The second kappa shape index (κ2) is 5.10. The fourth-order valence-corrected chi connectivity index (χ4v) is 3.67. The summed E-state index contributed by atoms with van der Waals surface area (Å²) >= 11 is 0. The van der Waals surface area contributed by atoms with E-state index in [1.807, 2.05) is 17.3 Å². The van der Waals surface area contributed by atoms with Gasteiger partial charge in [0.15, 0.2) is 5.79 Å². The van der Waals surface area contributed by atoms with Crippen molar-refractivity contribution in [2.45, 2.75) is 38.0 Å². The third kappa shape index (κ3) is 2.36. The van der Waals surface area contributed by atoms with Crippen LogP contribution in [0.2, 0.25) is 0 Å². The molecule has 4 heterocycles. The summed E-state index contributed by atoms with van der Waals surface area (Å²) in [7, 11) is 0. The Labute approximate surface area is 124 Å². The fraction of sp³-hybridized carbons (Fsp3) is 0.733. The van der Waals surface area contributed by atoms with Gasteiger partial charge in [0.2, 0.25) is 5.91 Å². The topological polar surface area (TPSA) is 56.6 Å². The van der Waals surface area contributed by atoms with Gasteiger partial charge in [-0.2, -0.15) is 0 Å². The number of ether oxygens (including phenoxy) is 2. The van der Waals surface area contributed by atoms with E-state index in [0.717, 1.165) is 51.1 Å². The van der Waals surface area contributed by atoms with Crippen LogP contribution in [0.25, 0.3) is 0 Å². The molecule has 2 saturated heterocycles. The third-order valence-electron chi connectivity index (χ3n) is 4.95. The van der Waals surface area contributed by atoms with Crippen LogP contribution in [0.15, 0.2) is 12.4 Å². The molecule has 21 heavy (non-hydrogen) atoms. The molecule has 4 rings (SSSR count). The van der Waals surface area contributed by atoms with Crippen molar-refractivity contribution >= 4 is 5.91 Å². The molecular weight excluding hydrogens is 270 g/mol. The molecule has 1 aromatic rings. The lowest BCUT2D eigenvalue weighted by molar-refractivity contribution is -0.188. The van der Waals surface area contributed by atoms with Crippen molar-refractivity contribution in [2.75, 3.05) is 26.3 Å². The first-order valence-electron chi connectivity index (χ1n) is 7.82. The zero-order chi connectivity index (χ0) is 14.3. The van der Waals surface area contributed by atoms with Gasteiger partial charge in [0.05, 0.1) is 13.2 Å². The number of aromatic nitrogens is 2. The van der Waals surface area contributed by atoms with Gasteiger partial charge in [0.1, 0.15) is 5.82 Å². The molecule has 0 N–H and O–H groups in total. The number of hydrogen-bond donors (Lipinski definition) is 0. The predicted molar refractivity (Wildman–Crippen MR) is 74.5 cm³/mol. The largest absolute Gasteiger partial charge is 0.347 e. The van der Waals surface area contributed by atoms with Gasteiger partial charge in [0, 0.05) is 57.2 Å². The van der Waals surface area contributed by atoms with Crippen LogP contribution in [0.3, 0.4) is 0 Å². The summed E-state index contributed by atoms with van der Waals surface area (Å²) in [5.74, 6) is 0.992. The number of nitrogens with zero attached hydrogens (tertiary/aromatic N) is 3. The number of likely N-dealkylation sites (tertiary alicyclic amines) is 1. The van der Waals surface area contributed by atoms with E-state index in [0.29, 0.717) is 13.2 Å². The van der Waals surface area contributed by atoms with Crippen molar-refractivity contribution in [3.8, 4) is 0 Å². The molecule has 1 aromatic heterocycles. The standard InChI is InChI=1S/C15H21N3O3/c19-14(12-1-5-17-8-4-16-13(17)11-12)18-6-2-15(3-7-18)20-9-10-21-15/h4,8,12H,1-3,5-7,9-11H2. The maximum absolute atomic E-state index is 12.7. The first kappa shape index (κ1) is 13.3. The van der Waals surface area contributed by atoms with Crippen molar-refractivity contribution in [3.05, 3.63) is 18.2 Å². The molecule has 0 bridgehead atoms. The van der Waals surface area contributed by atoms with Crippen LogP contribution in [0, 0.1) is 5.92 Å². The van der Waals surface area contributed by atoms with E-state index >= 15 is 0 Å². The molecule has 3 aliphatic rings. The Bertz CT molecular complexity index is 526. The fourth-order valence-electron chi connectivity index (χ4n) is 3.67. The normalized spacial score (nSPS) is 27.8. The Kier molecular flexibility index (Phi) is 3.23. The minimum absolute atomic E-state index is 0.0827. The van der Waals surface area contributed by atoms with E-state index in [9.17, 15) is 4.79 Å². The number of aryl methyl sites for hydroxylation is 1. The minimum atomic E-state index is -0.403. The van der Waals surface area contributed by atoms with Crippen LogP contribution in [0.5, 0.6) is 0 Å². The first-order chi connectivity index (χ1) is 10.3. The lowest BCUT2D eigenvalue weighted by Crippen LogP contribution is -2.49. The average Bonchev–Trinajstić information content (AvgIpc) is 3.16. The zero-order valence-corrected chi connectivity index (χ0v) is 12.2. The first-order valence-corrected chi connectivity index (χ1v) is 7.82. The van der Waals surface area contributed by atoms with Gasteiger partial charge in [-0.3, -0.25) is 4.79 Å². The van der Waals surface area contributed by atoms with Crippen LogP contribution in [-0.4, -0.2) is 52.4 Å². The van der Waals surface area contributed by atoms with Crippen molar-refractivity contribution in [2.24, 2.45) is 5.92 Å². The monoisotopic (exact) mass is 291 g/mol. The summed E-state index contributed by atoms with van der Waals surface area (Å²) in [5.41, 5.74) is 0. The maximum Gasteiger partial charge on any atom is 0.226 e. The van der Waals surface area contributed by atoms with E-state index in [-0.39, 0.29) is 11.8 Å². The van der Waals surface area contributed by atoms with E-state index in [1.54, 1.807) is 0 Å². The minimum Gasteiger partial charge on any atom is -0.347 e. The Morgan fingerprint density at radius 3 is 2.76 bits per heavy atom. The molecule has 0 radical (unpaired) electrons. The number of amides is 1. The number of carbonyl (C=O) groups is 1. The summed E-state index contributed by atoms with van der Waals surface area (Å²) in [5, 5.41) is 0. The molecule has 2 fully saturated rings. The number of piperidine rings is 1. The molecule has 3 aliphatic heterocycles. The van der Waals surface area contributed by atoms with Crippen LogP contribution >= 0.6 is 0 Å². The second-order valence-electron chi connectivity index (χ2n) is 6.16. The number of fused-ring (bicyclic) bond motifs is 1. The molecule has 1 unspecified atom stereocenters. The molecule has 6 heteroatoms. The van der Waals surface area contributed by atoms with Crippen LogP contribution in [-0.2, 0) is 27.2 Å². The van der Waals surface area contributed by atoms with E-state index in [1.165, 1.54) is 0 Å². The molecule has 1 atom stereocenters. The van der Waals surface area contributed by atoms with E-state index in [2.05, 4.69) is 9.55 Å². The van der Waals surface area contributed by atoms with E-state index < -0.39 is 5.79 Å². The Balaban J connectivity index is 1.38. The number of hydrogen-bond acceptors (Lipinski definition) is 4. The molecule has 0 saturated carbocycles. The molecule has 1 amide bonds. The van der Waals surface area contributed by atoms with Gasteiger partial charge in [-0.1, -0.05) is 0 Å². The Morgan fingerprint density at radius 2 is 2.00 bits per heavy atom. The molecule has 0 aromatic carbocycles.